The van der Waals surface area contributed by atoms with Gasteiger partial charge in [-0.1, -0.05) is 11.6 Å². The molecule has 9 heteroatoms. The molecule has 0 bridgehead atoms. The van der Waals surface area contributed by atoms with Crippen molar-refractivity contribution in [3.05, 3.63) is 40.6 Å². The monoisotopic (exact) mass is 333 g/mol. The smallest absolute Gasteiger partial charge is 0.418 e. The van der Waals surface area contributed by atoms with Crippen LogP contribution in [0.25, 0.3) is 0 Å². The first-order chi connectivity index (χ1) is 10.3. The van der Waals surface area contributed by atoms with Crippen molar-refractivity contribution < 1.29 is 22.4 Å². The van der Waals surface area contributed by atoms with Gasteiger partial charge in [0.1, 0.15) is 0 Å². The van der Waals surface area contributed by atoms with Crippen LogP contribution < -0.4 is 5.32 Å². The maximum absolute atomic E-state index is 12.9. The van der Waals surface area contributed by atoms with Crippen LogP contribution in [0, 0.1) is 6.92 Å². The molecule has 0 unspecified atom stereocenters. The van der Waals surface area contributed by atoms with Crippen LogP contribution in [-0.2, 0) is 17.4 Å². The fraction of sp³-hybridized carbons (Fsp3) is 0.308. The van der Waals surface area contributed by atoms with Crippen LogP contribution in [-0.4, -0.2) is 16.1 Å². The van der Waals surface area contributed by atoms with E-state index in [1.807, 2.05) is 0 Å². The minimum absolute atomic E-state index is 0.0633. The minimum atomic E-state index is -4.61. The lowest BCUT2D eigenvalue weighted by atomic mass is 10.1. The molecule has 0 radical (unpaired) electrons. The van der Waals surface area contributed by atoms with E-state index in [0.29, 0.717) is 5.89 Å². The second-order valence-corrected chi connectivity index (χ2v) is 4.89. The molecular weight excluding hydrogens is 323 g/mol. The molecular formula is C13H11ClF3N3O2. The number of anilines is 1. The maximum atomic E-state index is 12.9. The van der Waals surface area contributed by atoms with Gasteiger partial charge >= 0.3 is 6.18 Å². The first kappa shape index (κ1) is 16.3. The number of nitrogens with zero attached hydrogens (tertiary/aromatic N) is 2. The zero-order chi connectivity index (χ0) is 16.3. The van der Waals surface area contributed by atoms with Gasteiger partial charge in [-0.2, -0.15) is 13.2 Å². The Labute approximate surface area is 128 Å². The highest BCUT2D eigenvalue weighted by atomic mass is 35.5. The molecule has 0 saturated heterocycles. The average molecular weight is 334 g/mol. The van der Waals surface area contributed by atoms with Crippen molar-refractivity contribution >= 4 is 23.2 Å². The molecule has 5 nitrogen and oxygen atoms in total. The Kier molecular flexibility index (Phi) is 4.70. The fourth-order valence-electron chi connectivity index (χ4n) is 1.73. The molecule has 1 aromatic heterocycles. The van der Waals surface area contributed by atoms with Crippen molar-refractivity contribution in [2.75, 3.05) is 5.32 Å². The molecule has 0 aliphatic heterocycles. The number of hydrogen-bond donors (Lipinski definition) is 1. The van der Waals surface area contributed by atoms with Gasteiger partial charge < -0.3 is 9.73 Å². The van der Waals surface area contributed by atoms with Crippen molar-refractivity contribution in [2.45, 2.75) is 25.9 Å². The summed E-state index contributed by atoms with van der Waals surface area (Å²) in [5, 5.41) is 9.44. The number of alkyl halides is 3. The van der Waals surface area contributed by atoms with Gasteiger partial charge in [-0.15, -0.1) is 10.2 Å². The maximum Gasteiger partial charge on any atom is 0.418 e. The van der Waals surface area contributed by atoms with Crippen LogP contribution in [0.3, 0.4) is 0 Å². The zero-order valence-corrected chi connectivity index (χ0v) is 12.1. The van der Waals surface area contributed by atoms with Gasteiger partial charge in [0.25, 0.3) is 0 Å². The number of carbonyl (C=O) groups excluding carboxylic acids is 1. The van der Waals surface area contributed by atoms with Crippen LogP contribution in [0.2, 0.25) is 5.02 Å². The second kappa shape index (κ2) is 6.35. The highest BCUT2D eigenvalue weighted by Gasteiger charge is 2.34. The average Bonchev–Trinajstić information content (AvgIpc) is 2.83. The molecule has 0 aliphatic rings. The highest BCUT2D eigenvalue weighted by molar-refractivity contribution is 6.30. The lowest BCUT2D eigenvalue weighted by molar-refractivity contribution is -0.137. The van der Waals surface area contributed by atoms with Crippen LogP contribution in [0.4, 0.5) is 18.9 Å². The Hall–Kier alpha value is -2.09. The third kappa shape index (κ3) is 4.20. The topological polar surface area (TPSA) is 68.0 Å². The zero-order valence-electron chi connectivity index (χ0n) is 11.4. The molecule has 0 saturated carbocycles. The summed E-state index contributed by atoms with van der Waals surface area (Å²) < 4.78 is 43.7. The van der Waals surface area contributed by atoms with Crippen LogP contribution >= 0.6 is 11.6 Å². The number of halogens is 4. The van der Waals surface area contributed by atoms with Gasteiger partial charge in [-0.3, -0.25) is 4.79 Å². The van der Waals surface area contributed by atoms with E-state index in [4.69, 9.17) is 16.0 Å². The Morgan fingerprint density at radius 1 is 1.36 bits per heavy atom. The Bertz CT molecular complexity index is 685. The summed E-state index contributed by atoms with van der Waals surface area (Å²) >= 11 is 5.56. The number of aryl methyl sites for hydroxylation is 2. The van der Waals surface area contributed by atoms with E-state index in [1.54, 1.807) is 6.92 Å². The van der Waals surface area contributed by atoms with Gasteiger partial charge in [-0.25, -0.2) is 0 Å². The third-order valence-corrected chi connectivity index (χ3v) is 2.93. The molecule has 0 spiro atoms. The summed E-state index contributed by atoms with van der Waals surface area (Å²) in [5.74, 6) is 0.0101. The largest absolute Gasteiger partial charge is 0.426 e. The fourth-order valence-corrected chi connectivity index (χ4v) is 1.90. The predicted molar refractivity (Wildman–Crippen MR) is 72.4 cm³/mol. The number of nitrogens with one attached hydrogen (secondary N) is 1. The summed E-state index contributed by atoms with van der Waals surface area (Å²) in [6.45, 7) is 1.60. The molecule has 22 heavy (non-hydrogen) atoms. The molecule has 0 atom stereocenters. The quantitative estimate of drug-likeness (QED) is 0.927. The van der Waals surface area contributed by atoms with E-state index in [1.165, 1.54) is 6.07 Å². The molecule has 0 fully saturated rings. The lowest BCUT2D eigenvalue weighted by Gasteiger charge is -2.14. The molecule has 2 rings (SSSR count). The Morgan fingerprint density at radius 2 is 2.09 bits per heavy atom. The summed E-state index contributed by atoms with van der Waals surface area (Å²) in [6, 6.07) is 3.15. The molecule has 1 N–H and O–H groups in total. The SMILES string of the molecule is Cc1nnc(CCC(=O)Nc2ccc(Cl)cc2C(F)(F)F)o1. The van der Waals surface area contributed by atoms with Crippen molar-refractivity contribution in [2.24, 2.45) is 0 Å². The van der Waals surface area contributed by atoms with E-state index < -0.39 is 17.6 Å². The van der Waals surface area contributed by atoms with E-state index in [-0.39, 0.29) is 29.4 Å². The Morgan fingerprint density at radius 3 is 2.68 bits per heavy atom. The Balaban J connectivity index is 2.05. The van der Waals surface area contributed by atoms with E-state index >= 15 is 0 Å². The molecule has 2 aromatic rings. The molecule has 1 heterocycles. The van der Waals surface area contributed by atoms with Gasteiger partial charge in [0.05, 0.1) is 11.3 Å². The highest BCUT2D eigenvalue weighted by Crippen LogP contribution is 2.36. The molecule has 1 aromatic carbocycles. The van der Waals surface area contributed by atoms with Crippen LogP contribution in [0.15, 0.2) is 22.6 Å². The van der Waals surface area contributed by atoms with Gasteiger partial charge in [-0.05, 0) is 18.2 Å². The minimum Gasteiger partial charge on any atom is -0.426 e. The van der Waals surface area contributed by atoms with Crippen molar-refractivity contribution in [3.8, 4) is 0 Å². The first-order valence-electron chi connectivity index (χ1n) is 6.21. The number of benzene rings is 1. The molecule has 1 amide bonds. The van der Waals surface area contributed by atoms with Crippen LogP contribution in [0.1, 0.15) is 23.8 Å². The third-order valence-electron chi connectivity index (χ3n) is 2.69. The first-order valence-corrected chi connectivity index (χ1v) is 6.59. The predicted octanol–water partition coefficient (Wildman–Crippen LogP) is 3.62. The molecule has 0 aliphatic carbocycles. The number of amides is 1. The summed E-state index contributed by atoms with van der Waals surface area (Å²) in [7, 11) is 0. The van der Waals surface area contributed by atoms with E-state index in [2.05, 4.69) is 15.5 Å². The van der Waals surface area contributed by atoms with Crippen molar-refractivity contribution in [3.63, 3.8) is 0 Å². The molecule has 118 valence electrons. The van der Waals surface area contributed by atoms with Gasteiger partial charge in [0, 0.05) is 24.8 Å². The standard InChI is InChI=1S/C13H11ClF3N3O2/c1-7-19-20-12(22-7)5-4-11(21)18-10-3-2-8(14)6-9(10)13(15,16)17/h2-3,6H,4-5H2,1H3,(H,18,21). The van der Waals surface area contributed by atoms with Crippen molar-refractivity contribution in [1.29, 1.82) is 0 Å². The van der Waals surface area contributed by atoms with Gasteiger partial charge in [0.15, 0.2) is 0 Å². The summed E-state index contributed by atoms with van der Waals surface area (Å²) in [4.78, 5) is 11.8. The second-order valence-electron chi connectivity index (χ2n) is 4.45. The lowest BCUT2D eigenvalue weighted by Crippen LogP contribution is -2.17. The van der Waals surface area contributed by atoms with Crippen molar-refractivity contribution in [1.82, 2.24) is 10.2 Å². The van der Waals surface area contributed by atoms with Crippen LogP contribution in [0.5, 0.6) is 0 Å². The number of carbonyl (C=O) groups is 1. The number of rotatable bonds is 4. The van der Waals surface area contributed by atoms with E-state index in [0.717, 1.165) is 12.1 Å². The summed E-state index contributed by atoms with van der Waals surface area (Å²) in [6.07, 6.45) is -4.56. The number of aromatic nitrogens is 2. The summed E-state index contributed by atoms with van der Waals surface area (Å²) in [5.41, 5.74) is -1.34. The van der Waals surface area contributed by atoms with Gasteiger partial charge in [0.2, 0.25) is 17.7 Å². The van der Waals surface area contributed by atoms with E-state index in [9.17, 15) is 18.0 Å². The normalized spacial score (nSPS) is 11.5. The number of hydrogen-bond acceptors (Lipinski definition) is 4.